The molecule has 0 aliphatic carbocycles. The molecule has 0 spiro atoms. The van der Waals surface area contributed by atoms with E-state index in [2.05, 4.69) is 10.3 Å². The second-order valence-corrected chi connectivity index (χ2v) is 5.84. The van der Waals surface area contributed by atoms with Gasteiger partial charge < -0.3 is 24.8 Å². The molecule has 0 radical (unpaired) electrons. The summed E-state index contributed by atoms with van der Waals surface area (Å²) in [6, 6.07) is 4.16. The van der Waals surface area contributed by atoms with Crippen molar-refractivity contribution in [1.82, 2.24) is 14.9 Å². The number of carbonyl (C=O) groups is 1. The summed E-state index contributed by atoms with van der Waals surface area (Å²) in [6.45, 7) is 0.0409. The van der Waals surface area contributed by atoms with E-state index in [0.717, 1.165) is 0 Å². The second-order valence-electron chi connectivity index (χ2n) is 5.84. The monoisotopic (exact) mass is 333 g/mol. The zero-order valence-electron chi connectivity index (χ0n) is 13.2. The molecule has 2 heterocycles. The first-order valence-electron chi connectivity index (χ1n) is 7.68. The van der Waals surface area contributed by atoms with Crippen LogP contribution in [0.5, 0.6) is 0 Å². The second kappa shape index (κ2) is 6.68. The molecular formula is C16H19N3O5. The molecular weight excluding hydrogens is 314 g/mol. The summed E-state index contributed by atoms with van der Waals surface area (Å²) in [5.41, 5.74) is 0.603. The minimum Gasteiger partial charge on any atom is -0.394 e. The van der Waals surface area contributed by atoms with Crippen LogP contribution in [0.1, 0.15) is 16.8 Å². The third kappa shape index (κ3) is 3.03. The standard InChI is InChI=1S/C16H19N3O5/c1-19-8-17-12-6-9(2-3-10(12)16(19)23)15(22)18-11-4-5-24-13(7-20)14(11)21/h2-3,6,8,11,13-14,20-21H,4-5,7H2,1H3,(H,18,22)/t11-,13+,14-/m0/s1. The molecule has 0 saturated carbocycles. The fourth-order valence-electron chi connectivity index (χ4n) is 2.80. The van der Waals surface area contributed by atoms with E-state index in [1.807, 2.05) is 0 Å². The quantitative estimate of drug-likeness (QED) is 0.676. The van der Waals surface area contributed by atoms with Gasteiger partial charge in [0.2, 0.25) is 0 Å². The molecule has 24 heavy (non-hydrogen) atoms. The molecule has 2 aromatic rings. The third-order valence-corrected chi connectivity index (χ3v) is 4.23. The number of aryl methyl sites for hydroxylation is 1. The maximum Gasteiger partial charge on any atom is 0.260 e. The van der Waals surface area contributed by atoms with E-state index in [1.165, 1.54) is 10.9 Å². The van der Waals surface area contributed by atoms with E-state index in [1.54, 1.807) is 25.2 Å². The molecule has 1 aromatic carbocycles. The predicted octanol–water partition coefficient (Wildman–Crippen LogP) is -0.826. The van der Waals surface area contributed by atoms with Crippen molar-refractivity contribution in [3.8, 4) is 0 Å². The highest BCUT2D eigenvalue weighted by molar-refractivity contribution is 5.97. The Bertz CT molecular complexity index is 819. The van der Waals surface area contributed by atoms with Gasteiger partial charge in [0.15, 0.2) is 0 Å². The minimum absolute atomic E-state index is 0.183. The number of hydrogen-bond acceptors (Lipinski definition) is 6. The highest BCUT2D eigenvalue weighted by Crippen LogP contribution is 2.16. The van der Waals surface area contributed by atoms with Gasteiger partial charge in [-0.25, -0.2) is 4.98 Å². The van der Waals surface area contributed by atoms with Gasteiger partial charge in [-0.3, -0.25) is 9.59 Å². The Balaban J connectivity index is 1.81. The number of amides is 1. The molecule has 8 nitrogen and oxygen atoms in total. The van der Waals surface area contributed by atoms with Gasteiger partial charge in [-0.15, -0.1) is 0 Å². The van der Waals surface area contributed by atoms with Crippen LogP contribution < -0.4 is 10.9 Å². The van der Waals surface area contributed by atoms with Crippen LogP contribution in [0.3, 0.4) is 0 Å². The Labute approximate surface area is 137 Å². The van der Waals surface area contributed by atoms with Crippen LogP contribution in [0.4, 0.5) is 0 Å². The van der Waals surface area contributed by atoms with E-state index >= 15 is 0 Å². The number of hydrogen-bond donors (Lipinski definition) is 3. The van der Waals surface area contributed by atoms with Gasteiger partial charge >= 0.3 is 0 Å². The van der Waals surface area contributed by atoms with Crippen molar-refractivity contribution in [3.05, 3.63) is 40.4 Å². The number of aliphatic hydroxyl groups excluding tert-OH is 2. The lowest BCUT2D eigenvalue weighted by atomic mass is 9.99. The fourth-order valence-corrected chi connectivity index (χ4v) is 2.80. The SMILES string of the molecule is Cn1cnc2cc(C(=O)N[C@H]3CCO[C@H](CO)[C@H]3O)ccc2c1=O. The first-order valence-corrected chi connectivity index (χ1v) is 7.68. The van der Waals surface area contributed by atoms with Crippen LogP contribution in [-0.2, 0) is 11.8 Å². The van der Waals surface area contributed by atoms with Gasteiger partial charge in [-0.1, -0.05) is 0 Å². The van der Waals surface area contributed by atoms with Gasteiger partial charge in [0.1, 0.15) is 12.2 Å². The van der Waals surface area contributed by atoms with Crippen molar-refractivity contribution >= 4 is 16.8 Å². The number of rotatable bonds is 3. The summed E-state index contributed by atoms with van der Waals surface area (Å²) in [7, 11) is 1.61. The molecule has 3 rings (SSSR count). The zero-order chi connectivity index (χ0) is 17.3. The van der Waals surface area contributed by atoms with Gasteiger partial charge in [-0.2, -0.15) is 0 Å². The van der Waals surface area contributed by atoms with E-state index in [-0.39, 0.29) is 18.1 Å². The Morgan fingerprint density at radius 3 is 3.04 bits per heavy atom. The average Bonchev–Trinajstić information content (AvgIpc) is 2.59. The number of aliphatic hydroxyl groups is 2. The van der Waals surface area contributed by atoms with Crippen LogP contribution in [-0.4, -0.2) is 57.1 Å². The van der Waals surface area contributed by atoms with Crippen LogP contribution in [0.25, 0.3) is 10.9 Å². The van der Waals surface area contributed by atoms with E-state index in [0.29, 0.717) is 29.5 Å². The number of carbonyl (C=O) groups excluding carboxylic acids is 1. The van der Waals surface area contributed by atoms with Gasteiger partial charge in [0, 0.05) is 19.2 Å². The minimum atomic E-state index is -0.974. The highest BCUT2D eigenvalue weighted by Gasteiger charge is 2.33. The van der Waals surface area contributed by atoms with Crippen molar-refractivity contribution in [2.45, 2.75) is 24.7 Å². The van der Waals surface area contributed by atoms with Crippen LogP contribution >= 0.6 is 0 Å². The largest absolute Gasteiger partial charge is 0.394 e. The maximum absolute atomic E-state index is 12.4. The van der Waals surface area contributed by atoms with Gasteiger partial charge in [-0.05, 0) is 24.6 Å². The number of ether oxygens (including phenoxy) is 1. The molecule has 3 atom stereocenters. The first-order chi connectivity index (χ1) is 11.5. The lowest BCUT2D eigenvalue weighted by molar-refractivity contribution is -0.107. The Hall–Kier alpha value is -2.29. The van der Waals surface area contributed by atoms with Crippen LogP contribution in [0.15, 0.2) is 29.3 Å². The third-order valence-electron chi connectivity index (χ3n) is 4.23. The van der Waals surface area contributed by atoms with Gasteiger partial charge in [0.25, 0.3) is 11.5 Å². The average molecular weight is 333 g/mol. The lowest BCUT2D eigenvalue weighted by Crippen LogP contribution is -2.54. The first kappa shape index (κ1) is 16.6. The number of nitrogens with one attached hydrogen (secondary N) is 1. The highest BCUT2D eigenvalue weighted by atomic mass is 16.5. The molecule has 1 saturated heterocycles. The van der Waals surface area contributed by atoms with Crippen molar-refractivity contribution in [2.75, 3.05) is 13.2 Å². The summed E-state index contributed by atoms with van der Waals surface area (Å²) >= 11 is 0. The van der Waals surface area contributed by atoms with Crippen molar-refractivity contribution < 1.29 is 19.7 Å². The molecule has 3 N–H and O–H groups in total. The Morgan fingerprint density at radius 1 is 1.50 bits per heavy atom. The molecule has 1 aliphatic rings. The summed E-state index contributed by atoms with van der Waals surface area (Å²) in [5.74, 6) is -0.373. The zero-order valence-corrected chi connectivity index (χ0v) is 13.2. The smallest absolute Gasteiger partial charge is 0.260 e. The molecule has 8 heteroatoms. The van der Waals surface area contributed by atoms with E-state index in [4.69, 9.17) is 9.84 Å². The van der Waals surface area contributed by atoms with Crippen molar-refractivity contribution in [1.29, 1.82) is 0 Å². The molecule has 1 fully saturated rings. The molecule has 0 unspecified atom stereocenters. The van der Waals surface area contributed by atoms with E-state index < -0.39 is 18.2 Å². The summed E-state index contributed by atoms with van der Waals surface area (Å²) in [5, 5.41) is 22.4. The predicted molar refractivity (Wildman–Crippen MR) is 85.7 cm³/mol. The molecule has 1 amide bonds. The number of fused-ring (bicyclic) bond motifs is 1. The van der Waals surface area contributed by atoms with Crippen LogP contribution in [0, 0.1) is 0 Å². The Kier molecular flexibility index (Phi) is 4.61. The lowest BCUT2D eigenvalue weighted by Gasteiger charge is -2.34. The van der Waals surface area contributed by atoms with Crippen molar-refractivity contribution in [3.63, 3.8) is 0 Å². The molecule has 1 aromatic heterocycles. The topological polar surface area (TPSA) is 114 Å². The summed E-state index contributed by atoms with van der Waals surface area (Å²) in [4.78, 5) is 28.6. The molecule has 128 valence electrons. The Morgan fingerprint density at radius 2 is 2.29 bits per heavy atom. The number of aromatic nitrogens is 2. The number of benzene rings is 1. The van der Waals surface area contributed by atoms with Crippen molar-refractivity contribution in [2.24, 2.45) is 7.05 Å². The molecule has 0 bridgehead atoms. The van der Waals surface area contributed by atoms with E-state index in [9.17, 15) is 14.7 Å². The van der Waals surface area contributed by atoms with Crippen LogP contribution in [0.2, 0.25) is 0 Å². The fraction of sp³-hybridized carbons (Fsp3) is 0.438. The van der Waals surface area contributed by atoms with Gasteiger partial charge in [0.05, 0.1) is 29.9 Å². The molecule has 1 aliphatic heterocycles. The summed E-state index contributed by atoms with van der Waals surface area (Å²) < 4.78 is 6.61. The maximum atomic E-state index is 12.4. The summed E-state index contributed by atoms with van der Waals surface area (Å²) in [6.07, 6.45) is 0.180. The number of nitrogens with zero attached hydrogens (tertiary/aromatic N) is 2. The normalized spacial score (nSPS) is 24.0.